The molecule has 4 rings (SSSR count). The Hall–Kier alpha value is -1.04. The molecule has 4 aliphatic rings. The Morgan fingerprint density at radius 3 is 2.70 bits per heavy atom. The first-order chi connectivity index (χ1) is 10.9. The average Bonchev–Trinajstić information content (AvgIpc) is 2.52. The van der Waals surface area contributed by atoms with Crippen LogP contribution in [0.25, 0.3) is 0 Å². The molecule has 1 saturated heterocycles. The number of hydrogen-bond acceptors (Lipinski definition) is 3. The van der Waals surface area contributed by atoms with E-state index in [1.54, 1.807) is 4.90 Å². The van der Waals surface area contributed by atoms with E-state index in [9.17, 15) is 13.2 Å². The van der Waals surface area contributed by atoms with Crippen LogP contribution in [0, 0.1) is 23.7 Å². The number of urea groups is 1. The number of amides is 2. The molecule has 130 valence electrons. The van der Waals surface area contributed by atoms with E-state index in [2.05, 4.69) is 17.5 Å². The van der Waals surface area contributed by atoms with Gasteiger partial charge in [-0.15, -0.1) is 0 Å². The monoisotopic (exact) mass is 340 g/mol. The van der Waals surface area contributed by atoms with Crippen molar-refractivity contribution >= 4 is 15.9 Å². The van der Waals surface area contributed by atoms with Crippen LogP contribution >= 0.6 is 0 Å². The maximum Gasteiger partial charge on any atom is 0.317 e. The second-order valence-corrected chi connectivity index (χ2v) is 9.80. The molecule has 23 heavy (non-hydrogen) atoms. The zero-order valence-corrected chi connectivity index (χ0v) is 14.7. The fourth-order valence-corrected chi connectivity index (χ4v) is 5.56. The zero-order valence-electron chi connectivity index (χ0n) is 13.9. The molecule has 3 aliphatic carbocycles. The number of fused-ring (bicyclic) bond motifs is 2. The minimum absolute atomic E-state index is 0.0198. The summed E-state index contributed by atoms with van der Waals surface area (Å²) in [6.45, 7) is 2.05. The fraction of sp³-hybridized carbons (Fsp3) is 0.824. The lowest BCUT2D eigenvalue weighted by Gasteiger charge is -2.39. The van der Waals surface area contributed by atoms with Gasteiger partial charge < -0.3 is 10.2 Å². The van der Waals surface area contributed by atoms with Crippen molar-refractivity contribution in [1.82, 2.24) is 10.2 Å². The zero-order chi connectivity index (χ0) is 16.4. The molecule has 1 aliphatic heterocycles. The molecule has 0 aromatic rings. The average molecular weight is 340 g/mol. The molecule has 4 atom stereocenters. The third-order valence-electron chi connectivity index (χ3n) is 5.57. The predicted octanol–water partition coefficient (Wildman–Crippen LogP) is 2.05. The van der Waals surface area contributed by atoms with Crippen molar-refractivity contribution in [2.45, 2.75) is 32.1 Å². The Balaban J connectivity index is 1.47. The Bertz CT molecular complexity index is 572. The number of carbonyl (C=O) groups excluding carboxylic acids is 1. The fourth-order valence-electron chi connectivity index (χ4n) is 4.43. The van der Waals surface area contributed by atoms with Gasteiger partial charge in [0.2, 0.25) is 0 Å². The second kappa shape index (κ2) is 6.83. The lowest BCUT2D eigenvalue weighted by molar-refractivity contribution is 0.161. The highest BCUT2D eigenvalue weighted by Crippen LogP contribution is 2.39. The number of allylic oxidation sites excluding steroid dienone is 2. The molecule has 0 aromatic carbocycles. The first kappa shape index (κ1) is 16.8. The van der Waals surface area contributed by atoms with Crippen molar-refractivity contribution in [2.75, 3.05) is 31.6 Å². The van der Waals surface area contributed by atoms with Gasteiger partial charge in [-0.3, -0.25) is 0 Å². The Labute approximate surface area is 139 Å². The van der Waals surface area contributed by atoms with Crippen LogP contribution < -0.4 is 5.32 Å². The van der Waals surface area contributed by atoms with E-state index >= 15 is 0 Å². The smallest absolute Gasteiger partial charge is 0.317 e. The van der Waals surface area contributed by atoms with Gasteiger partial charge in [0.05, 0.1) is 5.75 Å². The topological polar surface area (TPSA) is 66.5 Å². The van der Waals surface area contributed by atoms with E-state index in [-0.39, 0.29) is 17.7 Å². The van der Waals surface area contributed by atoms with Crippen LogP contribution in [-0.4, -0.2) is 51.0 Å². The van der Waals surface area contributed by atoms with Crippen LogP contribution in [0.4, 0.5) is 4.79 Å². The van der Waals surface area contributed by atoms with Crippen LogP contribution in [0.2, 0.25) is 0 Å². The normalized spacial score (nSPS) is 33.7. The Morgan fingerprint density at radius 2 is 2.09 bits per heavy atom. The van der Waals surface area contributed by atoms with Crippen LogP contribution in [-0.2, 0) is 9.84 Å². The van der Waals surface area contributed by atoms with Crippen LogP contribution in [0.3, 0.4) is 0 Å². The molecular formula is C17H28N2O3S. The van der Waals surface area contributed by atoms with Gasteiger partial charge >= 0.3 is 6.03 Å². The number of likely N-dealkylation sites (tertiary alicyclic amines) is 1. The van der Waals surface area contributed by atoms with E-state index in [1.807, 2.05) is 0 Å². The largest absolute Gasteiger partial charge is 0.338 e. The van der Waals surface area contributed by atoms with Gasteiger partial charge in [0.1, 0.15) is 9.84 Å². The SMILES string of the molecule is CS(=O)(=O)CC1CCCN(C(=O)NCC2CC3C=CC2CC3)C1. The van der Waals surface area contributed by atoms with Gasteiger partial charge in [-0.2, -0.15) is 0 Å². The summed E-state index contributed by atoms with van der Waals surface area (Å²) >= 11 is 0. The molecule has 5 nitrogen and oxygen atoms in total. The number of carbonyl (C=O) groups is 1. The first-order valence-electron chi connectivity index (χ1n) is 8.79. The van der Waals surface area contributed by atoms with Crippen molar-refractivity contribution < 1.29 is 13.2 Å². The quantitative estimate of drug-likeness (QED) is 0.797. The van der Waals surface area contributed by atoms with Gasteiger partial charge in [-0.1, -0.05) is 12.2 Å². The molecule has 2 amide bonds. The third kappa shape index (κ3) is 4.49. The number of sulfone groups is 1. The summed E-state index contributed by atoms with van der Waals surface area (Å²) in [5.74, 6) is 2.17. The van der Waals surface area contributed by atoms with Gasteiger partial charge in [0, 0.05) is 25.9 Å². The number of nitrogens with one attached hydrogen (secondary N) is 1. The summed E-state index contributed by atoms with van der Waals surface area (Å²) in [7, 11) is -2.97. The lowest BCUT2D eigenvalue weighted by atomic mass is 9.69. The van der Waals surface area contributed by atoms with Gasteiger partial charge in [-0.25, -0.2) is 13.2 Å². The summed E-state index contributed by atoms with van der Waals surface area (Å²) in [6, 6.07) is -0.0198. The molecule has 1 N–H and O–H groups in total. The maximum absolute atomic E-state index is 12.4. The van der Waals surface area contributed by atoms with Crippen molar-refractivity contribution in [3.63, 3.8) is 0 Å². The van der Waals surface area contributed by atoms with E-state index in [0.717, 1.165) is 25.9 Å². The summed E-state index contributed by atoms with van der Waals surface area (Å²) < 4.78 is 22.9. The highest BCUT2D eigenvalue weighted by molar-refractivity contribution is 7.90. The maximum atomic E-state index is 12.4. The first-order valence-corrected chi connectivity index (χ1v) is 10.9. The van der Waals surface area contributed by atoms with Crippen molar-refractivity contribution in [3.05, 3.63) is 12.2 Å². The van der Waals surface area contributed by atoms with Gasteiger partial charge in [0.15, 0.2) is 0 Å². The number of rotatable bonds is 4. The van der Waals surface area contributed by atoms with E-state index in [0.29, 0.717) is 24.3 Å². The molecule has 0 radical (unpaired) electrons. The molecule has 6 heteroatoms. The summed E-state index contributed by atoms with van der Waals surface area (Å²) in [5.41, 5.74) is 0. The highest BCUT2D eigenvalue weighted by Gasteiger charge is 2.32. The van der Waals surface area contributed by atoms with Crippen molar-refractivity contribution in [2.24, 2.45) is 23.7 Å². The highest BCUT2D eigenvalue weighted by atomic mass is 32.2. The summed E-state index contributed by atoms with van der Waals surface area (Å²) in [6.07, 6.45) is 11.5. The predicted molar refractivity (Wildman–Crippen MR) is 90.9 cm³/mol. The van der Waals surface area contributed by atoms with E-state index in [4.69, 9.17) is 0 Å². The van der Waals surface area contributed by atoms with Crippen LogP contribution in [0.15, 0.2) is 12.2 Å². The molecule has 4 unspecified atom stereocenters. The molecule has 1 heterocycles. The number of hydrogen-bond donors (Lipinski definition) is 1. The molecule has 2 fully saturated rings. The standard InChI is InChI=1S/C17H28N2O3S/c1-23(21,22)12-14-3-2-8-19(11-14)17(20)18-10-16-9-13-4-6-15(16)7-5-13/h4,6,13-16H,2-3,5,7-12H2,1H3,(H,18,20). The minimum Gasteiger partial charge on any atom is -0.338 e. The van der Waals surface area contributed by atoms with Crippen molar-refractivity contribution in [3.8, 4) is 0 Å². The van der Waals surface area contributed by atoms with Crippen molar-refractivity contribution in [1.29, 1.82) is 0 Å². The third-order valence-corrected chi connectivity index (χ3v) is 6.65. The van der Waals surface area contributed by atoms with Crippen LogP contribution in [0.1, 0.15) is 32.1 Å². The van der Waals surface area contributed by atoms with E-state index in [1.165, 1.54) is 25.5 Å². The summed E-state index contributed by atoms with van der Waals surface area (Å²) in [4.78, 5) is 14.2. The number of nitrogens with zero attached hydrogens (tertiary/aromatic N) is 1. The van der Waals surface area contributed by atoms with E-state index < -0.39 is 9.84 Å². The minimum atomic E-state index is -2.97. The molecule has 2 bridgehead atoms. The molecule has 1 saturated carbocycles. The summed E-state index contributed by atoms with van der Waals surface area (Å²) in [5, 5.41) is 3.09. The lowest BCUT2D eigenvalue weighted by Crippen LogP contribution is -2.48. The Kier molecular flexibility index (Phi) is 4.99. The van der Waals surface area contributed by atoms with Crippen LogP contribution in [0.5, 0.6) is 0 Å². The van der Waals surface area contributed by atoms with Gasteiger partial charge in [0.25, 0.3) is 0 Å². The molecule has 0 spiro atoms. The number of piperidine rings is 1. The van der Waals surface area contributed by atoms with Gasteiger partial charge in [-0.05, 0) is 55.8 Å². The second-order valence-electron chi connectivity index (χ2n) is 7.61. The Morgan fingerprint density at radius 1 is 1.26 bits per heavy atom. The molecular weight excluding hydrogens is 312 g/mol. The molecule has 0 aromatic heterocycles.